The first kappa shape index (κ1) is 11.4. The van der Waals surface area contributed by atoms with E-state index in [9.17, 15) is 0 Å². The molecule has 0 N–H and O–H groups in total. The van der Waals surface area contributed by atoms with Crippen molar-refractivity contribution in [1.29, 1.82) is 5.26 Å². The van der Waals surface area contributed by atoms with E-state index in [1.54, 1.807) is 0 Å². The molecule has 2 nitrogen and oxygen atoms in total. The Bertz CT molecular complexity index is 156. The summed E-state index contributed by atoms with van der Waals surface area (Å²) in [5.74, 6) is 0.628. The summed E-state index contributed by atoms with van der Waals surface area (Å²) in [6.07, 6.45) is 0. The highest BCUT2D eigenvalue weighted by atomic mass is 15.2. The van der Waals surface area contributed by atoms with E-state index in [1.165, 1.54) is 0 Å². The lowest BCUT2D eigenvalue weighted by Gasteiger charge is -2.30. The van der Waals surface area contributed by atoms with E-state index in [0.29, 0.717) is 12.0 Å². The number of hydrogen-bond acceptors (Lipinski definition) is 2. The molecule has 0 amide bonds. The first-order valence-electron chi connectivity index (χ1n) is 4.64. The van der Waals surface area contributed by atoms with Gasteiger partial charge in [-0.05, 0) is 26.7 Å². The summed E-state index contributed by atoms with van der Waals surface area (Å²) in [7, 11) is 0. The molecule has 0 bridgehead atoms. The summed E-state index contributed by atoms with van der Waals surface area (Å²) in [6, 6.07) is 2.77. The van der Waals surface area contributed by atoms with Crippen molar-refractivity contribution in [3.8, 4) is 6.07 Å². The first-order valence-corrected chi connectivity index (χ1v) is 4.64. The van der Waals surface area contributed by atoms with Crippen molar-refractivity contribution in [2.75, 3.05) is 6.54 Å². The average molecular weight is 168 g/mol. The average Bonchev–Trinajstić information content (AvgIpc) is 1.98. The Morgan fingerprint density at radius 3 is 1.92 bits per heavy atom. The van der Waals surface area contributed by atoms with Gasteiger partial charge >= 0.3 is 0 Å². The number of rotatable bonds is 4. The van der Waals surface area contributed by atoms with Crippen molar-refractivity contribution in [2.45, 2.75) is 46.7 Å². The third-order valence-electron chi connectivity index (χ3n) is 1.92. The Balaban J connectivity index is 4.15. The lowest BCUT2D eigenvalue weighted by Crippen LogP contribution is -2.40. The summed E-state index contributed by atoms with van der Waals surface area (Å²) in [6.45, 7) is 11.6. The summed E-state index contributed by atoms with van der Waals surface area (Å²) < 4.78 is 0. The third-order valence-corrected chi connectivity index (χ3v) is 1.92. The SMILES string of the molecule is CC(C)CN(C(C)C)C(C)C#N. The fraction of sp³-hybridized carbons (Fsp3) is 0.900. The second-order valence-corrected chi connectivity index (χ2v) is 3.99. The van der Waals surface area contributed by atoms with E-state index in [2.05, 4.69) is 38.7 Å². The van der Waals surface area contributed by atoms with E-state index in [4.69, 9.17) is 5.26 Å². The van der Waals surface area contributed by atoms with Crippen molar-refractivity contribution in [3.63, 3.8) is 0 Å². The second-order valence-electron chi connectivity index (χ2n) is 3.99. The van der Waals surface area contributed by atoms with Crippen LogP contribution >= 0.6 is 0 Å². The highest BCUT2D eigenvalue weighted by molar-refractivity contribution is 4.89. The molecule has 2 heteroatoms. The molecule has 0 aromatic heterocycles. The van der Waals surface area contributed by atoms with Gasteiger partial charge in [-0.1, -0.05) is 13.8 Å². The van der Waals surface area contributed by atoms with Gasteiger partial charge in [0.1, 0.15) is 0 Å². The van der Waals surface area contributed by atoms with Crippen LogP contribution in [0.2, 0.25) is 0 Å². The van der Waals surface area contributed by atoms with E-state index in [0.717, 1.165) is 6.54 Å². The molecule has 12 heavy (non-hydrogen) atoms. The fourth-order valence-electron chi connectivity index (χ4n) is 1.31. The topological polar surface area (TPSA) is 27.0 Å². The minimum absolute atomic E-state index is 0.0346. The molecule has 0 saturated carbocycles. The Morgan fingerprint density at radius 2 is 1.67 bits per heavy atom. The fourth-order valence-corrected chi connectivity index (χ4v) is 1.31. The molecule has 0 heterocycles. The molecule has 1 atom stereocenters. The zero-order valence-electron chi connectivity index (χ0n) is 8.83. The van der Waals surface area contributed by atoms with E-state index < -0.39 is 0 Å². The van der Waals surface area contributed by atoms with Crippen LogP contribution in [0.15, 0.2) is 0 Å². The van der Waals surface area contributed by atoms with Gasteiger partial charge in [-0.25, -0.2) is 0 Å². The standard InChI is InChI=1S/C10H20N2/c1-8(2)7-12(9(3)4)10(5)6-11/h8-10H,7H2,1-5H3. The molecule has 0 aliphatic carbocycles. The zero-order valence-corrected chi connectivity index (χ0v) is 8.83. The molecule has 0 rings (SSSR count). The van der Waals surface area contributed by atoms with E-state index in [1.807, 2.05) is 6.92 Å². The highest BCUT2D eigenvalue weighted by Crippen LogP contribution is 2.08. The molecule has 0 aromatic carbocycles. The monoisotopic (exact) mass is 168 g/mol. The lowest BCUT2D eigenvalue weighted by molar-refractivity contribution is 0.174. The summed E-state index contributed by atoms with van der Waals surface area (Å²) in [4.78, 5) is 2.23. The molecule has 0 radical (unpaired) electrons. The smallest absolute Gasteiger partial charge is 0.0951 e. The van der Waals surface area contributed by atoms with Gasteiger partial charge in [-0.3, -0.25) is 4.90 Å². The number of hydrogen-bond donors (Lipinski definition) is 0. The van der Waals surface area contributed by atoms with Crippen molar-refractivity contribution in [3.05, 3.63) is 0 Å². The predicted molar refractivity (Wildman–Crippen MR) is 51.8 cm³/mol. The van der Waals surface area contributed by atoms with Crippen molar-refractivity contribution >= 4 is 0 Å². The highest BCUT2D eigenvalue weighted by Gasteiger charge is 2.16. The van der Waals surface area contributed by atoms with Crippen LogP contribution in [-0.4, -0.2) is 23.5 Å². The van der Waals surface area contributed by atoms with Gasteiger partial charge in [0.25, 0.3) is 0 Å². The van der Waals surface area contributed by atoms with Gasteiger partial charge < -0.3 is 0 Å². The summed E-state index contributed by atoms with van der Waals surface area (Å²) in [5.41, 5.74) is 0. The van der Waals surface area contributed by atoms with Crippen molar-refractivity contribution in [2.24, 2.45) is 5.92 Å². The minimum atomic E-state index is 0.0346. The van der Waals surface area contributed by atoms with Crippen LogP contribution in [0.1, 0.15) is 34.6 Å². The minimum Gasteiger partial charge on any atom is -0.286 e. The molecule has 1 unspecified atom stereocenters. The molecule has 0 aromatic rings. The Hall–Kier alpha value is -0.550. The second kappa shape index (κ2) is 5.16. The third kappa shape index (κ3) is 3.73. The first-order chi connectivity index (χ1) is 5.49. The van der Waals surface area contributed by atoms with E-state index >= 15 is 0 Å². The van der Waals surface area contributed by atoms with Crippen LogP contribution < -0.4 is 0 Å². The van der Waals surface area contributed by atoms with Crippen LogP contribution in [0.4, 0.5) is 0 Å². The van der Waals surface area contributed by atoms with Crippen LogP contribution in [0.5, 0.6) is 0 Å². The molecular formula is C10H20N2. The zero-order chi connectivity index (χ0) is 9.72. The van der Waals surface area contributed by atoms with Crippen LogP contribution in [0, 0.1) is 17.2 Å². The van der Waals surface area contributed by atoms with Gasteiger partial charge in [-0.15, -0.1) is 0 Å². The molecular weight excluding hydrogens is 148 g/mol. The lowest BCUT2D eigenvalue weighted by atomic mass is 10.1. The summed E-state index contributed by atoms with van der Waals surface area (Å²) >= 11 is 0. The van der Waals surface area contributed by atoms with Crippen LogP contribution in [0.25, 0.3) is 0 Å². The van der Waals surface area contributed by atoms with Gasteiger partial charge in [0, 0.05) is 12.6 Å². The number of nitrogens with zero attached hydrogens (tertiary/aromatic N) is 2. The van der Waals surface area contributed by atoms with Gasteiger partial charge in [-0.2, -0.15) is 5.26 Å². The van der Waals surface area contributed by atoms with Crippen molar-refractivity contribution < 1.29 is 0 Å². The Morgan fingerprint density at radius 1 is 1.17 bits per heavy atom. The quantitative estimate of drug-likeness (QED) is 0.644. The van der Waals surface area contributed by atoms with Gasteiger partial charge in [0.15, 0.2) is 0 Å². The maximum absolute atomic E-state index is 8.78. The van der Waals surface area contributed by atoms with Crippen molar-refractivity contribution in [1.82, 2.24) is 4.90 Å². The molecule has 0 aliphatic rings. The largest absolute Gasteiger partial charge is 0.286 e. The predicted octanol–water partition coefficient (Wildman–Crippen LogP) is 2.26. The molecule has 0 aliphatic heterocycles. The normalized spacial score (nSPS) is 13.9. The van der Waals surface area contributed by atoms with Crippen LogP contribution in [0.3, 0.4) is 0 Å². The molecule has 0 saturated heterocycles. The number of nitriles is 1. The maximum atomic E-state index is 8.78. The van der Waals surface area contributed by atoms with Gasteiger partial charge in [0.2, 0.25) is 0 Å². The van der Waals surface area contributed by atoms with Gasteiger partial charge in [0.05, 0.1) is 12.1 Å². The Labute approximate surface area is 76.2 Å². The molecule has 0 spiro atoms. The molecule has 70 valence electrons. The van der Waals surface area contributed by atoms with Crippen LogP contribution in [-0.2, 0) is 0 Å². The summed E-state index contributed by atoms with van der Waals surface area (Å²) in [5, 5.41) is 8.78. The van der Waals surface area contributed by atoms with E-state index in [-0.39, 0.29) is 6.04 Å². The maximum Gasteiger partial charge on any atom is 0.0951 e. The Kier molecular flexibility index (Phi) is 4.92. The molecule has 0 fully saturated rings.